The molecule has 2 aromatic heterocycles. The van der Waals surface area contributed by atoms with E-state index in [1.165, 1.54) is 6.33 Å². The highest BCUT2D eigenvalue weighted by Gasteiger charge is 2.51. The van der Waals surface area contributed by atoms with Crippen LogP contribution < -0.4 is 11.2 Å². The molecule has 39 heavy (non-hydrogen) atoms. The lowest BCUT2D eigenvalue weighted by molar-refractivity contribution is 0.00578. The molecule has 2 fully saturated rings. The summed E-state index contributed by atoms with van der Waals surface area (Å²) in [5, 5.41) is 19.6. The molecule has 0 aliphatic carbocycles. The molecular weight excluding hydrogens is 495 g/mol. The topological polar surface area (TPSA) is 125 Å². The number of benzene rings is 2. The fourth-order valence-corrected chi connectivity index (χ4v) is 4.82. The molecule has 6 rings (SSSR count). The van der Waals surface area contributed by atoms with Gasteiger partial charge in [0.25, 0.3) is 0 Å². The van der Waals surface area contributed by atoms with Crippen LogP contribution in [-0.4, -0.2) is 56.3 Å². The molecule has 4 N–H and O–H groups in total. The highest BCUT2D eigenvalue weighted by atomic mass is 16.7. The van der Waals surface area contributed by atoms with Crippen LogP contribution in [0.1, 0.15) is 46.6 Å². The van der Waals surface area contributed by atoms with E-state index in [1.807, 2.05) is 52.0 Å². The number of aromatic nitrogens is 3. The van der Waals surface area contributed by atoms with Crippen LogP contribution >= 0.6 is 0 Å². The molecule has 2 saturated heterocycles. The summed E-state index contributed by atoms with van der Waals surface area (Å²) in [6.07, 6.45) is 5.53. The molecule has 4 heterocycles. The molecular formula is C29H35BN4O5. The Bertz CT molecular complexity index is 1410. The van der Waals surface area contributed by atoms with Crippen LogP contribution in [0.5, 0.6) is 11.5 Å². The van der Waals surface area contributed by atoms with Crippen LogP contribution in [0.25, 0.3) is 22.2 Å². The second kappa shape index (κ2) is 10.5. The first kappa shape index (κ1) is 27.0. The molecule has 4 aromatic rings. The van der Waals surface area contributed by atoms with Gasteiger partial charge in [-0.05, 0) is 75.8 Å². The second-order valence-corrected chi connectivity index (χ2v) is 11.0. The Morgan fingerprint density at radius 1 is 0.872 bits per heavy atom. The average molecular weight is 530 g/mol. The summed E-state index contributed by atoms with van der Waals surface area (Å²) in [5.41, 5.74) is 9.24. The first-order chi connectivity index (χ1) is 18.6. The molecule has 204 valence electrons. The lowest BCUT2D eigenvalue weighted by atomic mass is 9.79. The van der Waals surface area contributed by atoms with Gasteiger partial charge in [-0.3, -0.25) is 0 Å². The van der Waals surface area contributed by atoms with Gasteiger partial charge in [0.05, 0.1) is 16.6 Å². The van der Waals surface area contributed by atoms with Gasteiger partial charge < -0.3 is 34.6 Å². The largest absolute Gasteiger partial charge is 0.508 e. The molecule has 0 saturated carbocycles. The van der Waals surface area contributed by atoms with Crippen molar-refractivity contribution in [2.24, 2.45) is 0 Å². The second-order valence-electron chi connectivity index (χ2n) is 11.0. The zero-order valence-electron chi connectivity index (χ0n) is 22.8. The number of rotatable bonds is 3. The third kappa shape index (κ3) is 5.45. The number of nitrogens with two attached hydrogens (primary N) is 1. The predicted octanol–water partition coefficient (Wildman–Crippen LogP) is 4.43. The van der Waals surface area contributed by atoms with Gasteiger partial charge in [0.15, 0.2) is 0 Å². The normalized spacial score (nSPS) is 18.6. The Morgan fingerprint density at radius 2 is 1.44 bits per heavy atom. The third-order valence-corrected chi connectivity index (χ3v) is 7.82. The Hall–Kier alpha value is -3.60. The maximum atomic E-state index is 9.51. The van der Waals surface area contributed by atoms with Crippen LogP contribution in [0.4, 0.5) is 5.82 Å². The maximum absolute atomic E-state index is 9.51. The van der Waals surface area contributed by atoms with Gasteiger partial charge in [-0.2, -0.15) is 0 Å². The Balaban J connectivity index is 0.000000169. The van der Waals surface area contributed by atoms with Crippen LogP contribution in [0.3, 0.4) is 0 Å². The predicted molar refractivity (Wildman–Crippen MR) is 152 cm³/mol. The van der Waals surface area contributed by atoms with E-state index in [0.717, 1.165) is 53.7 Å². The van der Waals surface area contributed by atoms with Crippen molar-refractivity contribution in [3.63, 3.8) is 0 Å². The summed E-state index contributed by atoms with van der Waals surface area (Å²) < 4.78 is 19.4. The number of nitrogen functional groups attached to an aromatic ring is 1. The van der Waals surface area contributed by atoms with Crippen molar-refractivity contribution in [2.75, 3.05) is 18.9 Å². The monoisotopic (exact) mass is 530 g/mol. The maximum Gasteiger partial charge on any atom is 0.494 e. The highest BCUT2D eigenvalue weighted by molar-refractivity contribution is 6.62. The lowest BCUT2D eigenvalue weighted by Gasteiger charge is -2.32. The van der Waals surface area contributed by atoms with E-state index < -0.39 is 0 Å². The lowest BCUT2D eigenvalue weighted by Crippen LogP contribution is -2.41. The number of hydrogen-bond donors (Lipinski definition) is 3. The summed E-state index contributed by atoms with van der Waals surface area (Å²) in [6.45, 7) is 9.61. The van der Waals surface area contributed by atoms with Crippen molar-refractivity contribution in [1.29, 1.82) is 0 Å². The Kier molecular flexibility index (Phi) is 7.28. The van der Waals surface area contributed by atoms with Gasteiger partial charge in [-0.25, -0.2) is 9.97 Å². The van der Waals surface area contributed by atoms with Crippen LogP contribution in [0, 0.1) is 0 Å². The zero-order valence-corrected chi connectivity index (χ0v) is 22.8. The summed E-state index contributed by atoms with van der Waals surface area (Å²) in [4.78, 5) is 8.61. The van der Waals surface area contributed by atoms with Crippen LogP contribution in [0.15, 0.2) is 61.1 Å². The van der Waals surface area contributed by atoms with Gasteiger partial charge in [0.1, 0.15) is 29.3 Å². The van der Waals surface area contributed by atoms with Crippen molar-refractivity contribution >= 4 is 29.4 Å². The SMILES string of the molecule is CC1(C)OB(c2ccc(O)cc2)OC1(C)C.Nc1ncnc2c1c(-c1ccc(O)cc1)cn2C1CCOCC1. The molecule has 2 aliphatic heterocycles. The fourth-order valence-electron chi connectivity index (χ4n) is 4.82. The molecule has 9 nitrogen and oxygen atoms in total. The molecule has 0 bridgehead atoms. The number of hydrogen-bond acceptors (Lipinski definition) is 8. The van der Waals surface area contributed by atoms with Crippen molar-refractivity contribution in [3.05, 3.63) is 61.1 Å². The fraction of sp³-hybridized carbons (Fsp3) is 0.379. The summed E-state index contributed by atoms with van der Waals surface area (Å²) in [6, 6.07) is 14.4. The van der Waals surface area contributed by atoms with E-state index in [1.54, 1.807) is 24.3 Å². The van der Waals surface area contributed by atoms with Gasteiger partial charge in [0, 0.05) is 31.0 Å². The van der Waals surface area contributed by atoms with Crippen molar-refractivity contribution < 1.29 is 24.3 Å². The third-order valence-electron chi connectivity index (χ3n) is 7.82. The summed E-state index contributed by atoms with van der Waals surface area (Å²) >= 11 is 0. The highest BCUT2D eigenvalue weighted by Crippen LogP contribution is 2.37. The smallest absolute Gasteiger partial charge is 0.494 e. The number of anilines is 1. The number of nitrogens with zero attached hydrogens (tertiary/aromatic N) is 3. The van der Waals surface area contributed by atoms with Gasteiger partial charge in [-0.1, -0.05) is 24.3 Å². The van der Waals surface area contributed by atoms with Gasteiger partial charge in [-0.15, -0.1) is 0 Å². The standard InChI is InChI=1S/C17H18N4O2.C12H17BO3/c18-16-15-14(11-1-3-13(22)4-2-11)9-21(17(15)20-10-19-16)12-5-7-23-8-6-12;1-11(2)12(3,4)16-13(15-11)9-5-7-10(14)8-6-9/h1-4,9-10,12,22H,5-8H2,(H2,18,19,20);5-8,14H,1-4H3. The van der Waals surface area contributed by atoms with Gasteiger partial charge >= 0.3 is 7.12 Å². The molecule has 0 amide bonds. The first-order valence-electron chi connectivity index (χ1n) is 13.2. The minimum atomic E-state index is -0.356. The van der Waals surface area contributed by atoms with Crippen molar-refractivity contribution in [1.82, 2.24) is 14.5 Å². The average Bonchev–Trinajstić information content (AvgIpc) is 3.40. The van der Waals surface area contributed by atoms with E-state index in [-0.39, 0.29) is 29.8 Å². The zero-order chi connectivity index (χ0) is 27.8. The summed E-state index contributed by atoms with van der Waals surface area (Å²) in [7, 11) is -0.356. The number of phenols is 2. The molecule has 2 aromatic carbocycles. The van der Waals surface area contributed by atoms with Crippen molar-refractivity contribution in [2.45, 2.75) is 57.8 Å². The number of fused-ring (bicyclic) bond motifs is 1. The molecule has 2 aliphatic rings. The first-order valence-corrected chi connectivity index (χ1v) is 13.2. The quantitative estimate of drug-likeness (QED) is 0.333. The molecule has 0 atom stereocenters. The molecule has 0 spiro atoms. The van der Waals surface area contributed by atoms with E-state index in [9.17, 15) is 10.2 Å². The minimum Gasteiger partial charge on any atom is -0.508 e. The molecule has 0 unspecified atom stereocenters. The van der Waals surface area contributed by atoms with E-state index in [4.69, 9.17) is 19.8 Å². The minimum absolute atomic E-state index is 0.242. The number of aromatic hydroxyl groups is 2. The van der Waals surface area contributed by atoms with E-state index in [0.29, 0.717) is 11.9 Å². The Labute approximate surface area is 228 Å². The van der Waals surface area contributed by atoms with Crippen LogP contribution in [0.2, 0.25) is 0 Å². The number of ether oxygens (including phenoxy) is 1. The van der Waals surface area contributed by atoms with Gasteiger partial charge in [0.2, 0.25) is 0 Å². The molecule has 10 heteroatoms. The molecule has 0 radical (unpaired) electrons. The number of phenolic OH excluding ortho intramolecular Hbond substituents is 2. The van der Waals surface area contributed by atoms with E-state index in [2.05, 4.69) is 20.7 Å². The van der Waals surface area contributed by atoms with E-state index >= 15 is 0 Å². The Morgan fingerprint density at radius 3 is 2.03 bits per heavy atom. The van der Waals surface area contributed by atoms with Crippen LogP contribution in [-0.2, 0) is 14.0 Å². The summed E-state index contributed by atoms with van der Waals surface area (Å²) in [5.74, 6) is 0.968. The van der Waals surface area contributed by atoms with Crippen molar-refractivity contribution in [3.8, 4) is 22.6 Å².